The molecular weight excluding hydrogens is 348 g/mol. The van der Waals surface area contributed by atoms with Crippen LogP contribution in [0.2, 0.25) is 0 Å². The highest BCUT2D eigenvalue weighted by molar-refractivity contribution is 5.61. The van der Waals surface area contributed by atoms with Crippen LogP contribution in [0.25, 0.3) is 0 Å². The Balaban J connectivity index is 1.45. The molecule has 1 heterocycles. The number of ether oxygens (including phenoxy) is 2. The summed E-state index contributed by atoms with van der Waals surface area (Å²) >= 11 is 0. The molecule has 3 heteroatoms. The maximum absolute atomic E-state index is 10.8. The van der Waals surface area contributed by atoms with E-state index >= 15 is 0 Å². The summed E-state index contributed by atoms with van der Waals surface area (Å²) in [7, 11) is 0. The summed E-state index contributed by atoms with van der Waals surface area (Å²) in [5.74, 6) is 3.51. The van der Waals surface area contributed by atoms with Gasteiger partial charge < -0.3 is 14.6 Å². The van der Waals surface area contributed by atoms with Gasteiger partial charge in [0.25, 0.3) is 0 Å². The first-order valence-electron chi connectivity index (χ1n) is 10.5. The van der Waals surface area contributed by atoms with Crippen LogP contribution >= 0.6 is 0 Å². The van der Waals surface area contributed by atoms with E-state index in [1.54, 1.807) is 0 Å². The van der Waals surface area contributed by atoms with Gasteiger partial charge in [0.15, 0.2) is 11.5 Å². The van der Waals surface area contributed by atoms with Gasteiger partial charge in [-0.3, -0.25) is 0 Å². The van der Waals surface area contributed by atoms with Gasteiger partial charge in [0, 0.05) is 11.0 Å². The fraction of sp³-hybridized carbons (Fsp3) is 0.440. The molecule has 1 saturated carbocycles. The summed E-state index contributed by atoms with van der Waals surface area (Å²) in [6.07, 6.45) is 6.92. The highest BCUT2D eigenvalue weighted by atomic mass is 16.5. The third-order valence-electron chi connectivity index (χ3n) is 7.74. The van der Waals surface area contributed by atoms with Crippen LogP contribution in [0, 0.1) is 17.8 Å². The molecule has 6 atom stereocenters. The quantitative estimate of drug-likeness (QED) is 0.809. The molecule has 144 valence electrons. The van der Waals surface area contributed by atoms with Gasteiger partial charge in [-0.1, -0.05) is 55.5 Å². The second-order valence-electron chi connectivity index (χ2n) is 9.07. The van der Waals surface area contributed by atoms with Crippen LogP contribution in [0.5, 0.6) is 11.5 Å². The molecule has 1 aliphatic heterocycles. The van der Waals surface area contributed by atoms with Crippen molar-refractivity contribution in [2.45, 2.75) is 50.4 Å². The number of aliphatic hydroxyl groups excluding tert-OH is 1. The minimum atomic E-state index is -0.550. The standard InChI is InChI=1S/C25H26O3/c1-15-11-12-25-19-8-9-20(26)24(25)28-23-21(27-14-16-5-3-2-4-6-16)10-7-17(22(23)25)13-18(15)19/h2-10,15,18-20,24,26H,11-14H2,1H3/t15?,18-,19-,20-,24-,25-/m0/s1. The van der Waals surface area contributed by atoms with E-state index in [0.29, 0.717) is 24.4 Å². The van der Waals surface area contributed by atoms with E-state index in [-0.39, 0.29) is 11.5 Å². The van der Waals surface area contributed by atoms with E-state index < -0.39 is 6.10 Å². The Hall–Kier alpha value is -2.26. The predicted molar refractivity (Wildman–Crippen MR) is 108 cm³/mol. The fourth-order valence-corrected chi connectivity index (χ4v) is 6.44. The first kappa shape index (κ1) is 16.7. The van der Waals surface area contributed by atoms with E-state index in [1.807, 2.05) is 24.3 Å². The zero-order valence-electron chi connectivity index (χ0n) is 16.2. The van der Waals surface area contributed by atoms with Gasteiger partial charge in [0.1, 0.15) is 18.8 Å². The van der Waals surface area contributed by atoms with Crippen LogP contribution < -0.4 is 9.47 Å². The molecule has 28 heavy (non-hydrogen) atoms. The first-order valence-corrected chi connectivity index (χ1v) is 10.5. The van der Waals surface area contributed by atoms with E-state index in [0.717, 1.165) is 29.9 Å². The number of hydrogen-bond donors (Lipinski definition) is 1. The monoisotopic (exact) mass is 374 g/mol. The van der Waals surface area contributed by atoms with E-state index in [9.17, 15) is 5.11 Å². The summed E-state index contributed by atoms with van der Waals surface area (Å²) in [4.78, 5) is 0. The van der Waals surface area contributed by atoms with E-state index in [1.165, 1.54) is 17.5 Å². The molecular formula is C25H26O3. The molecule has 2 bridgehead atoms. The van der Waals surface area contributed by atoms with Crippen molar-refractivity contribution in [1.82, 2.24) is 0 Å². The molecule has 3 nitrogen and oxygen atoms in total. The minimum Gasteiger partial charge on any atom is -0.485 e. The molecule has 1 unspecified atom stereocenters. The Bertz CT molecular complexity index is 950. The average molecular weight is 374 g/mol. The predicted octanol–water partition coefficient (Wildman–Crippen LogP) is 4.41. The van der Waals surface area contributed by atoms with Crippen molar-refractivity contribution < 1.29 is 14.6 Å². The highest BCUT2D eigenvalue weighted by Crippen LogP contribution is 2.65. The Morgan fingerprint density at radius 3 is 2.86 bits per heavy atom. The first-order chi connectivity index (χ1) is 13.7. The number of aliphatic hydroxyl groups is 1. The summed E-state index contributed by atoms with van der Waals surface area (Å²) in [6.45, 7) is 2.92. The number of allylic oxidation sites excluding steroid dienone is 1. The summed E-state index contributed by atoms with van der Waals surface area (Å²) in [5, 5.41) is 10.8. The maximum Gasteiger partial charge on any atom is 0.166 e. The number of hydrogen-bond acceptors (Lipinski definition) is 3. The lowest BCUT2D eigenvalue weighted by molar-refractivity contribution is -0.0402. The summed E-state index contributed by atoms with van der Waals surface area (Å²) < 4.78 is 12.7. The molecule has 6 rings (SSSR count). The lowest BCUT2D eigenvalue weighted by atomic mass is 9.48. The third kappa shape index (κ3) is 2.08. The Morgan fingerprint density at radius 1 is 1.14 bits per heavy atom. The van der Waals surface area contributed by atoms with Crippen LogP contribution in [-0.2, 0) is 18.4 Å². The zero-order chi connectivity index (χ0) is 18.9. The summed E-state index contributed by atoms with van der Waals surface area (Å²) in [6, 6.07) is 14.6. The molecule has 2 aromatic carbocycles. The normalized spacial score (nSPS) is 36.6. The summed E-state index contributed by atoms with van der Waals surface area (Å²) in [5.41, 5.74) is 3.80. The molecule has 3 aliphatic carbocycles. The zero-order valence-corrected chi connectivity index (χ0v) is 16.2. The second kappa shape index (κ2) is 5.87. The molecule has 0 saturated heterocycles. The molecule has 4 aliphatic rings. The minimum absolute atomic E-state index is 0.0830. The van der Waals surface area contributed by atoms with Gasteiger partial charge in [0.05, 0.1) is 0 Å². The van der Waals surface area contributed by atoms with Crippen LogP contribution in [0.3, 0.4) is 0 Å². The van der Waals surface area contributed by atoms with Gasteiger partial charge in [-0.15, -0.1) is 0 Å². The van der Waals surface area contributed by atoms with Crippen LogP contribution in [0.1, 0.15) is 36.5 Å². The molecule has 2 aromatic rings. The lowest BCUT2D eigenvalue weighted by Gasteiger charge is -2.55. The Labute approximate surface area is 166 Å². The maximum atomic E-state index is 10.8. The second-order valence-corrected chi connectivity index (χ2v) is 9.07. The molecule has 0 aromatic heterocycles. The van der Waals surface area contributed by atoms with Crippen molar-refractivity contribution >= 4 is 0 Å². The third-order valence-corrected chi connectivity index (χ3v) is 7.74. The van der Waals surface area contributed by atoms with Gasteiger partial charge in [-0.05, 0) is 54.2 Å². The average Bonchev–Trinajstić information content (AvgIpc) is 3.07. The van der Waals surface area contributed by atoms with E-state index in [2.05, 4.69) is 37.3 Å². The molecule has 0 radical (unpaired) electrons. The van der Waals surface area contributed by atoms with Gasteiger partial charge in [-0.2, -0.15) is 0 Å². The highest BCUT2D eigenvalue weighted by Gasteiger charge is 2.64. The number of rotatable bonds is 3. The molecule has 1 N–H and O–H groups in total. The van der Waals surface area contributed by atoms with Crippen molar-refractivity contribution in [3.05, 3.63) is 71.3 Å². The fourth-order valence-electron chi connectivity index (χ4n) is 6.44. The topological polar surface area (TPSA) is 38.7 Å². The van der Waals surface area contributed by atoms with Gasteiger partial charge >= 0.3 is 0 Å². The molecule has 1 fully saturated rings. The lowest BCUT2D eigenvalue weighted by Crippen LogP contribution is -2.59. The van der Waals surface area contributed by atoms with E-state index in [4.69, 9.17) is 9.47 Å². The van der Waals surface area contributed by atoms with Crippen molar-refractivity contribution in [3.63, 3.8) is 0 Å². The van der Waals surface area contributed by atoms with Crippen LogP contribution in [0.15, 0.2) is 54.6 Å². The number of benzene rings is 2. The van der Waals surface area contributed by atoms with Gasteiger partial charge in [0.2, 0.25) is 0 Å². The Kier molecular flexibility index (Phi) is 3.49. The van der Waals surface area contributed by atoms with Crippen LogP contribution in [-0.4, -0.2) is 17.3 Å². The largest absolute Gasteiger partial charge is 0.485 e. The Morgan fingerprint density at radius 2 is 2.00 bits per heavy atom. The van der Waals surface area contributed by atoms with Crippen molar-refractivity contribution in [3.8, 4) is 11.5 Å². The van der Waals surface area contributed by atoms with Crippen molar-refractivity contribution in [2.75, 3.05) is 0 Å². The van der Waals surface area contributed by atoms with Crippen molar-refractivity contribution in [2.24, 2.45) is 17.8 Å². The molecule has 1 spiro atoms. The van der Waals surface area contributed by atoms with Crippen molar-refractivity contribution in [1.29, 1.82) is 0 Å². The smallest absolute Gasteiger partial charge is 0.166 e. The molecule has 0 amide bonds. The van der Waals surface area contributed by atoms with Crippen LogP contribution in [0.4, 0.5) is 0 Å². The SMILES string of the molecule is CC1CC[C@]23c4c5ccc(OCc6ccccc6)c4O[C@H]2[C@@H](O)C=C[C@H]3[C@H]1C5. The van der Waals surface area contributed by atoms with Gasteiger partial charge in [-0.25, -0.2) is 0 Å².